The van der Waals surface area contributed by atoms with Crippen molar-refractivity contribution >= 4 is 5.97 Å². The zero-order chi connectivity index (χ0) is 10.6. The zero-order valence-corrected chi connectivity index (χ0v) is 9.22. The lowest BCUT2D eigenvalue weighted by atomic mass is 9.93. The number of hydrogen-bond acceptors (Lipinski definition) is 2. The Morgan fingerprint density at radius 2 is 1.85 bits per heavy atom. The molecule has 0 radical (unpaired) electrons. The minimum atomic E-state index is -0.754. The molecule has 0 aromatic heterocycles. The van der Waals surface area contributed by atoms with Crippen molar-refractivity contribution in [2.24, 2.45) is 11.3 Å². The second kappa shape index (κ2) is 4.61. The van der Waals surface area contributed by atoms with Crippen LogP contribution in [-0.4, -0.2) is 23.7 Å². The number of nitrogens with one attached hydrogen (secondary N) is 1. The number of rotatable bonds is 5. The molecule has 0 aliphatic carbocycles. The first kappa shape index (κ1) is 12.4. The first-order chi connectivity index (χ1) is 5.77. The van der Waals surface area contributed by atoms with Crippen LogP contribution in [0.15, 0.2) is 0 Å². The largest absolute Gasteiger partial charge is 0.481 e. The van der Waals surface area contributed by atoms with Crippen molar-refractivity contribution in [1.29, 1.82) is 0 Å². The highest BCUT2D eigenvalue weighted by Crippen LogP contribution is 2.14. The van der Waals surface area contributed by atoms with Gasteiger partial charge in [0.25, 0.3) is 0 Å². The first-order valence-corrected chi connectivity index (χ1v) is 4.74. The van der Waals surface area contributed by atoms with E-state index in [9.17, 15) is 4.79 Å². The molecule has 2 N–H and O–H groups in total. The average molecular weight is 187 g/mol. The molecule has 3 heteroatoms. The Morgan fingerprint density at radius 3 is 2.15 bits per heavy atom. The second-order valence-electron chi connectivity index (χ2n) is 4.60. The van der Waals surface area contributed by atoms with E-state index in [4.69, 9.17) is 5.11 Å². The van der Waals surface area contributed by atoms with Crippen LogP contribution in [0.2, 0.25) is 0 Å². The van der Waals surface area contributed by atoms with Gasteiger partial charge in [0.2, 0.25) is 0 Å². The van der Waals surface area contributed by atoms with Crippen LogP contribution in [-0.2, 0) is 4.79 Å². The Hall–Kier alpha value is -0.570. The van der Waals surface area contributed by atoms with Crippen LogP contribution >= 0.6 is 0 Å². The molecule has 1 atom stereocenters. The summed E-state index contributed by atoms with van der Waals surface area (Å²) in [6, 6.07) is 0.360. The number of aliphatic carboxylic acids is 1. The summed E-state index contributed by atoms with van der Waals surface area (Å²) >= 11 is 0. The molecule has 0 aromatic carbocycles. The van der Waals surface area contributed by atoms with Gasteiger partial charge < -0.3 is 10.4 Å². The van der Waals surface area contributed by atoms with Crippen molar-refractivity contribution in [2.75, 3.05) is 6.54 Å². The topological polar surface area (TPSA) is 49.3 Å². The van der Waals surface area contributed by atoms with Crippen LogP contribution in [0.5, 0.6) is 0 Å². The minimum Gasteiger partial charge on any atom is -0.481 e. The summed E-state index contributed by atoms with van der Waals surface area (Å²) in [5.74, 6) is -0.222. The zero-order valence-electron chi connectivity index (χ0n) is 9.22. The molecule has 1 unspecified atom stereocenters. The Morgan fingerprint density at radius 1 is 1.38 bits per heavy atom. The SMILES string of the molecule is CC(C)C(C)NCC(C)(C)C(=O)O. The van der Waals surface area contributed by atoms with Gasteiger partial charge in [0.15, 0.2) is 0 Å². The summed E-state index contributed by atoms with van der Waals surface area (Å²) in [4.78, 5) is 10.8. The molecule has 0 saturated carbocycles. The molecule has 0 fully saturated rings. The molecule has 3 nitrogen and oxygen atoms in total. The molecule has 0 bridgehead atoms. The van der Waals surface area contributed by atoms with Gasteiger partial charge in [-0.05, 0) is 26.7 Å². The maximum Gasteiger partial charge on any atom is 0.310 e. The number of carboxylic acid groups (broad SMARTS) is 1. The number of hydrogen-bond donors (Lipinski definition) is 2. The molecule has 0 rings (SSSR count). The maximum absolute atomic E-state index is 10.8. The molecule has 0 aliphatic heterocycles. The van der Waals surface area contributed by atoms with Crippen molar-refractivity contribution in [3.63, 3.8) is 0 Å². The second-order valence-corrected chi connectivity index (χ2v) is 4.60. The Kier molecular flexibility index (Phi) is 4.40. The van der Waals surface area contributed by atoms with E-state index in [0.29, 0.717) is 18.5 Å². The van der Waals surface area contributed by atoms with Crippen molar-refractivity contribution < 1.29 is 9.90 Å². The lowest BCUT2D eigenvalue weighted by Crippen LogP contribution is -2.41. The summed E-state index contributed by atoms with van der Waals surface area (Å²) in [5, 5.41) is 12.1. The third-order valence-electron chi connectivity index (χ3n) is 2.44. The van der Waals surface area contributed by atoms with Crippen LogP contribution in [0, 0.1) is 11.3 Å². The van der Waals surface area contributed by atoms with Crippen molar-refractivity contribution in [3.8, 4) is 0 Å². The molecular weight excluding hydrogens is 166 g/mol. The Labute approximate surface area is 80.5 Å². The smallest absolute Gasteiger partial charge is 0.310 e. The van der Waals surface area contributed by atoms with Crippen LogP contribution < -0.4 is 5.32 Å². The highest BCUT2D eigenvalue weighted by Gasteiger charge is 2.27. The van der Waals surface area contributed by atoms with E-state index in [1.807, 2.05) is 0 Å². The van der Waals surface area contributed by atoms with Crippen molar-refractivity contribution in [1.82, 2.24) is 5.32 Å². The van der Waals surface area contributed by atoms with E-state index in [1.165, 1.54) is 0 Å². The minimum absolute atomic E-state index is 0.360. The van der Waals surface area contributed by atoms with E-state index >= 15 is 0 Å². The standard InChI is InChI=1S/C10H21NO2/c1-7(2)8(3)11-6-10(4,5)9(12)13/h7-8,11H,6H2,1-5H3,(H,12,13). The molecule has 13 heavy (non-hydrogen) atoms. The lowest BCUT2D eigenvalue weighted by molar-refractivity contribution is -0.146. The molecule has 0 spiro atoms. The quantitative estimate of drug-likeness (QED) is 0.689. The van der Waals surface area contributed by atoms with Gasteiger partial charge in [-0.3, -0.25) is 4.79 Å². The van der Waals surface area contributed by atoms with Gasteiger partial charge in [-0.2, -0.15) is 0 Å². The van der Waals surface area contributed by atoms with Gasteiger partial charge in [-0.25, -0.2) is 0 Å². The number of carboxylic acids is 1. The Balaban J connectivity index is 3.95. The van der Waals surface area contributed by atoms with E-state index in [2.05, 4.69) is 26.1 Å². The van der Waals surface area contributed by atoms with Gasteiger partial charge in [-0.15, -0.1) is 0 Å². The molecule has 0 aromatic rings. The van der Waals surface area contributed by atoms with Crippen LogP contribution in [0.25, 0.3) is 0 Å². The molecule has 0 heterocycles. The van der Waals surface area contributed by atoms with Crippen LogP contribution in [0.4, 0.5) is 0 Å². The van der Waals surface area contributed by atoms with Crippen LogP contribution in [0.3, 0.4) is 0 Å². The Bertz CT molecular complexity index is 176. The fourth-order valence-electron chi connectivity index (χ4n) is 0.727. The summed E-state index contributed by atoms with van der Waals surface area (Å²) in [6.07, 6.45) is 0. The normalized spacial score (nSPS) is 14.6. The third-order valence-corrected chi connectivity index (χ3v) is 2.44. The lowest BCUT2D eigenvalue weighted by Gasteiger charge is -2.24. The monoisotopic (exact) mass is 187 g/mol. The van der Waals surface area contributed by atoms with E-state index < -0.39 is 11.4 Å². The van der Waals surface area contributed by atoms with Gasteiger partial charge in [0.1, 0.15) is 0 Å². The van der Waals surface area contributed by atoms with Gasteiger partial charge in [0, 0.05) is 12.6 Å². The predicted molar refractivity (Wildman–Crippen MR) is 53.7 cm³/mol. The fourth-order valence-corrected chi connectivity index (χ4v) is 0.727. The summed E-state index contributed by atoms with van der Waals surface area (Å²) in [5.41, 5.74) is -0.677. The summed E-state index contributed by atoms with van der Waals surface area (Å²) < 4.78 is 0. The first-order valence-electron chi connectivity index (χ1n) is 4.74. The summed E-state index contributed by atoms with van der Waals surface area (Å²) in [6.45, 7) is 10.3. The molecule has 0 saturated heterocycles. The number of carbonyl (C=O) groups is 1. The van der Waals surface area contributed by atoms with E-state index in [1.54, 1.807) is 13.8 Å². The molecule has 0 aliphatic rings. The van der Waals surface area contributed by atoms with Crippen molar-refractivity contribution in [2.45, 2.75) is 40.7 Å². The maximum atomic E-state index is 10.8. The predicted octanol–water partition coefficient (Wildman–Crippen LogP) is 1.73. The van der Waals surface area contributed by atoms with Crippen LogP contribution in [0.1, 0.15) is 34.6 Å². The van der Waals surface area contributed by atoms with E-state index in [-0.39, 0.29) is 0 Å². The molecular formula is C10H21NO2. The van der Waals surface area contributed by atoms with Crippen molar-refractivity contribution in [3.05, 3.63) is 0 Å². The van der Waals surface area contributed by atoms with E-state index in [0.717, 1.165) is 0 Å². The highest BCUT2D eigenvalue weighted by atomic mass is 16.4. The highest BCUT2D eigenvalue weighted by molar-refractivity contribution is 5.73. The average Bonchev–Trinajstić information content (AvgIpc) is 1.99. The molecule has 78 valence electrons. The molecule has 0 amide bonds. The summed E-state index contributed by atoms with van der Waals surface area (Å²) in [7, 11) is 0. The van der Waals surface area contributed by atoms with Gasteiger partial charge >= 0.3 is 5.97 Å². The van der Waals surface area contributed by atoms with Gasteiger partial charge in [-0.1, -0.05) is 13.8 Å². The third kappa shape index (κ3) is 4.27. The van der Waals surface area contributed by atoms with Gasteiger partial charge in [0.05, 0.1) is 5.41 Å². The fraction of sp³-hybridized carbons (Fsp3) is 0.900.